The van der Waals surface area contributed by atoms with Crippen molar-refractivity contribution in [2.75, 3.05) is 7.11 Å². The Morgan fingerprint density at radius 3 is 2.57 bits per heavy atom. The summed E-state index contributed by atoms with van der Waals surface area (Å²) >= 11 is 0. The van der Waals surface area contributed by atoms with Crippen LogP contribution in [0.15, 0.2) is 53.5 Å². The molecule has 1 amide bonds. The molecule has 2 rings (SSSR count). The number of pyridine rings is 1. The van der Waals surface area contributed by atoms with Crippen LogP contribution < -0.4 is 10.9 Å². The molecule has 0 fully saturated rings. The molecule has 1 heterocycles. The first-order valence-corrected chi connectivity index (χ1v) is 6.68. The highest BCUT2D eigenvalue weighted by Gasteiger charge is 2.06. The van der Waals surface area contributed by atoms with Gasteiger partial charge in [-0.05, 0) is 17.2 Å². The second-order valence-electron chi connectivity index (χ2n) is 4.65. The Morgan fingerprint density at radius 1 is 1.14 bits per heavy atom. The summed E-state index contributed by atoms with van der Waals surface area (Å²) in [6, 6.07) is 12.6. The van der Waals surface area contributed by atoms with E-state index >= 15 is 0 Å². The number of amides is 1. The first-order valence-electron chi connectivity index (χ1n) is 6.68. The van der Waals surface area contributed by atoms with E-state index in [0.29, 0.717) is 13.2 Å². The third-order valence-electron chi connectivity index (χ3n) is 3.11. The molecule has 0 atom stereocenters. The Balaban J connectivity index is 1.96. The SMILES string of the molecule is COCc1ccccc1CNC(=O)Cn1ccccc1=O. The molecule has 0 radical (unpaired) electrons. The smallest absolute Gasteiger partial charge is 0.250 e. The van der Waals surface area contributed by atoms with E-state index in [-0.39, 0.29) is 18.0 Å². The van der Waals surface area contributed by atoms with Gasteiger partial charge in [-0.3, -0.25) is 9.59 Å². The molecule has 0 unspecified atom stereocenters. The van der Waals surface area contributed by atoms with Crippen LogP contribution in [0.3, 0.4) is 0 Å². The van der Waals surface area contributed by atoms with Crippen molar-refractivity contribution in [3.05, 3.63) is 70.1 Å². The van der Waals surface area contributed by atoms with Gasteiger partial charge < -0.3 is 14.6 Å². The zero-order chi connectivity index (χ0) is 15.1. The molecule has 21 heavy (non-hydrogen) atoms. The highest BCUT2D eigenvalue weighted by molar-refractivity contribution is 5.75. The number of carbonyl (C=O) groups excluding carboxylic acids is 1. The topological polar surface area (TPSA) is 60.3 Å². The van der Waals surface area contributed by atoms with Gasteiger partial charge in [-0.1, -0.05) is 30.3 Å². The van der Waals surface area contributed by atoms with Crippen molar-refractivity contribution in [1.29, 1.82) is 0 Å². The first kappa shape index (κ1) is 15.0. The highest BCUT2D eigenvalue weighted by atomic mass is 16.5. The van der Waals surface area contributed by atoms with E-state index in [1.165, 1.54) is 10.6 Å². The molecule has 1 aromatic carbocycles. The van der Waals surface area contributed by atoms with Gasteiger partial charge in [-0.15, -0.1) is 0 Å². The van der Waals surface area contributed by atoms with Crippen molar-refractivity contribution in [1.82, 2.24) is 9.88 Å². The number of rotatable bonds is 6. The molecule has 0 aliphatic carbocycles. The van der Waals surface area contributed by atoms with Crippen molar-refractivity contribution in [3.63, 3.8) is 0 Å². The maximum Gasteiger partial charge on any atom is 0.250 e. The van der Waals surface area contributed by atoms with Crippen molar-refractivity contribution in [2.45, 2.75) is 19.7 Å². The van der Waals surface area contributed by atoms with Gasteiger partial charge in [-0.25, -0.2) is 0 Å². The Kier molecular flexibility index (Phi) is 5.29. The number of nitrogens with one attached hydrogen (secondary N) is 1. The molecule has 5 heteroatoms. The van der Waals surface area contributed by atoms with Crippen LogP contribution in [0, 0.1) is 0 Å². The van der Waals surface area contributed by atoms with Crippen LogP contribution in [0.25, 0.3) is 0 Å². The van der Waals surface area contributed by atoms with Crippen molar-refractivity contribution >= 4 is 5.91 Å². The summed E-state index contributed by atoms with van der Waals surface area (Å²) in [5, 5.41) is 2.82. The molecule has 1 N–H and O–H groups in total. The Bertz CT molecular complexity index is 664. The van der Waals surface area contributed by atoms with Gasteiger partial charge >= 0.3 is 0 Å². The zero-order valence-electron chi connectivity index (χ0n) is 11.9. The van der Waals surface area contributed by atoms with Crippen LogP contribution >= 0.6 is 0 Å². The molecule has 0 bridgehead atoms. The summed E-state index contributed by atoms with van der Waals surface area (Å²) in [5.41, 5.74) is 1.86. The van der Waals surface area contributed by atoms with Gasteiger partial charge in [0.25, 0.3) is 5.56 Å². The average Bonchev–Trinajstić information content (AvgIpc) is 2.49. The van der Waals surface area contributed by atoms with Gasteiger partial charge in [0.1, 0.15) is 6.54 Å². The fourth-order valence-corrected chi connectivity index (χ4v) is 2.02. The number of aromatic nitrogens is 1. The minimum absolute atomic E-state index is 0.0200. The lowest BCUT2D eigenvalue weighted by Gasteiger charge is -2.10. The summed E-state index contributed by atoms with van der Waals surface area (Å²) in [5.74, 6) is -0.199. The molecular weight excluding hydrogens is 268 g/mol. The molecule has 0 aliphatic rings. The molecule has 0 aliphatic heterocycles. The van der Waals surface area contributed by atoms with E-state index in [1.54, 1.807) is 25.4 Å². The minimum Gasteiger partial charge on any atom is -0.380 e. The number of ether oxygens (including phenoxy) is 1. The van der Waals surface area contributed by atoms with Gasteiger partial charge in [0.05, 0.1) is 6.61 Å². The van der Waals surface area contributed by atoms with Gasteiger partial charge in [0, 0.05) is 25.9 Å². The number of hydrogen-bond acceptors (Lipinski definition) is 3. The number of carbonyl (C=O) groups is 1. The predicted molar refractivity (Wildman–Crippen MR) is 79.7 cm³/mol. The summed E-state index contributed by atoms with van der Waals surface area (Å²) in [7, 11) is 1.64. The second kappa shape index (κ2) is 7.40. The molecule has 5 nitrogen and oxygen atoms in total. The summed E-state index contributed by atoms with van der Waals surface area (Å²) in [4.78, 5) is 23.4. The quantitative estimate of drug-likeness (QED) is 0.871. The maximum atomic E-state index is 11.9. The lowest BCUT2D eigenvalue weighted by atomic mass is 10.1. The third kappa shape index (κ3) is 4.29. The van der Waals surface area contributed by atoms with Crippen molar-refractivity contribution in [3.8, 4) is 0 Å². The standard InChI is InChI=1S/C16H18N2O3/c1-21-12-14-7-3-2-6-13(14)10-17-15(19)11-18-9-5-4-8-16(18)20/h2-9H,10-12H2,1H3,(H,17,19). The van der Waals surface area contributed by atoms with E-state index in [2.05, 4.69) is 5.32 Å². The van der Waals surface area contributed by atoms with Crippen LogP contribution in [-0.4, -0.2) is 17.6 Å². The van der Waals surface area contributed by atoms with Crippen LogP contribution in [0.5, 0.6) is 0 Å². The maximum absolute atomic E-state index is 11.9. The van der Waals surface area contributed by atoms with E-state index < -0.39 is 0 Å². The molecule has 0 saturated heterocycles. The van der Waals surface area contributed by atoms with Gasteiger partial charge in [0.2, 0.25) is 5.91 Å². The summed E-state index contributed by atoms with van der Waals surface area (Å²) in [6.45, 7) is 0.941. The Hall–Kier alpha value is -2.40. The summed E-state index contributed by atoms with van der Waals surface area (Å²) < 4.78 is 6.50. The van der Waals surface area contributed by atoms with E-state index in [4.69, 9.17) is 4.74 Å². The molecule has 0 saturated carbocycles. The largest absolute Gasteiger partial charge is 0.380 e. The average molecular weight is 286 g/mol. The van der Waals surface area contributed by atoms with Crippen LogP contribution in [0.4, 0.5) is 0 Å². The normalized spacial score (nSPS) is 10.3. The van der Waals surface area contributed by atoms with Gasteiger partial charge in [0.15, 0.2) is 0 Å². The van der Waals surface area contributed by atoms with Crippen LogP contribution in [0.2, 0.25) is 0 Å². The minimum atomic E-state index is -0.199. The monoisotopic (exact) mass is 286 g/mol. The van der Waals surface area contributed by atoms with E-state index in [0.717, 1.165) is 11.1 Å². The first-order chi connectivity index (χ1) is 10.2. The molecule has 110 valence electrons. The molecule has 0 spiro atoms. The Labute approximate surface area is 123 Å². The lowest BCUT2D eigenvalue weighted by molar-refractivity contribution is -0.121. The number of nitrogens with zero attached hydrogens (tertiary/aromatic N) is 1. The molecule has 1 aromatic heterocycles. The number of hydrogen-bond donors (Lipinski definition) is 1. The highest BCUT2D eigenvalue weighted by Crippen LogP contribution is 2.09. The molecular formula is C16H18N2O3. The van der Waals surface area contributed by atoms with E-state index in [1.807, 2.05) is 24.3 Å². The number of methoxy groups -OCH3 is 1. The van der Waals surface area contributed by atoms with Crippen molar-refractivity contribution in [2.24, 2.45) is 0 Å². The third-order valence-corrected chi connectivity index (χ3v) is 3.11. The second-order valence-corrected chi connectivity index (χ2v) is 4.65. The fraction of sp³-hybridized carbons (Fsp3) is 0.250. The van der Waals surface area contributed by atoms with E-state index in [9.17, 15) is 9.59 Å². The predicted octanol–water partition coefficient (Wildman–Crippen LogP) is 1.31. The molecule has 2 aromatic rings. The van der Waals surface area contributed by atoms with Crippen LogP contribution in [0.1, 0.15) is 11.1 Å². The fourth-order valence-electron chi connectivity index (χ4n) is 2.02. The lowest BCUT2D eigenvalue weighted by Crippen LogP contribution is -2.31. The Morgan fingerprint density at radius 2 is 1.86 bits per heavy atom. The van der Waals surface area contributed by atoms with Gasteiger partial charge in [-0.2, -0.15) is 0 Å². The van der Waals surface area contributed by atoms with Crippen LogP contribution in [-0.2, 0) is 29.2 Å². The van der Waals surface area contributed by atoms with Crippen molar-refractivity contribution < 1.29 is 9.53 Å². The summed E-state index contributed by atoms with van der Waals surface area (Å²) in [6.07, 6.45) is 1.60. The number of benzene rings is 1. The zero-order valence-corrected chi connectivity index (χ0v) is 11.9.